The number of benzene rings is 2. The van der Waals surface area contributed by atoms with Crippen LogP contribution < -0.4 is 21.7 Å². The summed E-state index contributed by atoms with van der Waals surface area (Å²) in [5.74, 6) is 3.88. The minimum absolute atomic E-state index is 0.0134. The highest BCUT2D eigenvalue weighted by Crippen LogP contribution is 2.33. The van der Waals surface area contributed by atoms with Gasteiger partial charge in [-0.05, 0) is 187 Å². The number of nitrogens with two attached hydrogens (primary N) is 1. The molecule has 0 atom stereocenters. The first-order valence-electron chi connectivity index (χ1n) is 28.7. The Kier molecular flexibility index (Phi) is 19.4. The van der Waals surface area contributed by atoms with Gasteiger partial charge in [-0.15, -0.1) is 0 Å². The number of carboxylic acid groups (broad SMARTS) is 1. The molecule has 0 radical (unpaired) electrons. The van der Waals surface area contributed by atoms with Crippen LogP contribution in [0.1, 0.15) is 98.0 Å². The van der Waals surface area contributed by atoms with E-state index in [-0.39, 0.29) is 17.6 Å². The Morgan fingerprint density at radius 2 is 1.08 bits per heavy atom. The van der Waals surface area contributed by atoms with Gasteiger partial charge in [0.15, 0.2) is 0 Å². The van der Waals surface area contributed by atoms with E-state index in [4.69, 9.17) is 15.7 Å². The van der Waals surface area contributed by atoms with Crippen molar-refractivity contribution in [2.75, 3.05) is 86.0 Å². The van der Waals surface area contributed by atoms with Crippen LogP contribution in [0.2, 0.25) is 0 Å². The lowest BCUT2D eigenvalue weighted by atomic mass is 10.1. The Labute approximate surface area is 473 Å². The zero-order chi connectivity index (χ0) is 54.5. The van der Waals surface area contributed by atoms with Crippen LogP contribution in [0.5, 0.6) is 0 Å². The first-order chi connectivity index (χ1) is 38.6. The van der Waals surface area contributed by atoms with Crippen molar-refractivity contribution in [3.05, 3.63) is 109 Å². The van der Waals surface area contributed by atoms with E-state index in [0.29, 0.717) is 11.7 Å². The predicted molar refractivity (Wildman–Crippen MR) is 329 cm³/mol. The third kappa shape index (κ3) is 14.4. The molecule has 1 amide bonds. The summed E-state index contributed by atoms with van der Waals surface area (Å²) in [5.41, 5.74) is 16.2. The minimum atomic E-state index is -0.928. The summed E-state index contributed by atoms with van der Waals surface area (Å²) in [6.45, 7) is 8.98. The second-order valence-corrected chi connectivity index (χ2v) is 24.0. The molecule has 0 spiro atoms. The van der Waals surface area contributed by atoms with Gasteiger partial charge in [-0.3, -0.25) is 14.8 Å². The highest BCUT2D eigenvalue weighted by atomic mass is 32.2. The number of anilines is 2. The van der Waals surface area contributed by atoms with Crippen LogP contribution >= 0.6 is 23.5 Å². The quantitative estimate of drug-likeness (QED) is 0.0611. The van der Waals surface area contributed by atoms with Crippen molar-refractivity contribution in [3.63, 3.8) is 0 Å². The topological polar surface area (TPSA) is 184 Å². The summed E-state index contributed by atoms with van der Waals surface area (Å²) in [4.78, 5) is 48.3. The average Bonchev–Trinajstić information content (AvgIpc) is 4.20. The minimum Gasteiger partial charge on any atom is -0.477 e. The Hall–Kier alpha value is -6.24. The number of piperidine rings is 2. The lowest BCUT2D eigenvalue weighted by Crippen LogP contribution is -2.38. The van der Waals surface area contributed by atoms with E-state index >= 15 is 0 Å². The number of carbonyl (C=O) groups excluding carboxylic acids is 1. The summed E-state index contributed by atoms with van der Waals surface area (Å²) in [5, 5.41) is 24.0. The van der Waals surface area contributed by atoms with Crippen LogP contribution in [0.15, 0.2) is 97.6 Å². The SMILES string of the molecule is Cn1c(C(=O)NC2CCSCC2)cc2cc(-c3cc(NCCCN4CCCCC4)c4cnccc4n3)ccc21.Cn1c(C(=O)O)cc2cc(-c3cc(NCCCN4CCCCC4)c4cnccc4n3)ccc21.NC1CCSCC1. The summed E-state index contributed by atoms with van der Waals surface area (Å²) in [7, 11) is 3.75. The number of carbonyl (C=O) groups is 2. The molecule has 0 unspecified atom stereocenters. The number of aryl methyl sites for hydroxylation is 2. The molecule has 6 aromatic heterocycles. The number of fused-ring (bicyclic) bond motifs is 4. The molecule has 17 heteroatoms. The summed E-state index contributed by atoms with van der Waals surface area (Å²) >= 11 is 3.99. The van der Waals surface area contributed by atoms with Gasteiger partial charge in [-0.2, -0.15) is 23.5 Å². The zero-order valence-corrected chi connectivity index (χ0v) is 47.7. The van der Waals surface area contributed by atoms with Crippen LogP contribution in [0.4, 0.5) is 11.4 Å². The molecule has 6 N–H and O–H groups in total. The second-order valence-electron chi connectivity index (χ2n) is 21.6. The number of hydrogen-bond donors (Lipinski definition) is 5. The molecule has 416 valence electrons. The molecule has 15 nitrogen and oxygen atoms in total. The number of thioether (sulfide) groups is 2. The Balaban J connectivity index is 0.000000160. The molecule has 12 rings (SSSR count). The molecule has 4 fully saturated rings. The van der Waals surface area contributed by atoms with Gasteiger partial charge in [0, 0.05) is 119 Å². The second kappa shape index (κ2) is 27.3. The molecule has 0 aliphatic carbocycles. The van der Waals surface area contributed by atoms with Crippen molar-refractivity contribution >= 4 is 90.4 Å². The number of likely N-dealkylation sites (tertiary alicyclic amines) is 2. The van der Waals surface area contributed by atoms with E-state index in [2.05, 4.69) is 66.0 Å². The zero-order valence-electron chi connectivity index (χ0n) is 46.1. The van der Waals surface area contributed by atoms with Crippen molar-refractivity contribution in [2.24, 2.45) is 19.8 Å². The van der Waals surface area contributed by atoms with Gasteiger partial charge in [0.05, 0.1) is 22.4 Å². The number of nitrogens with one attached hydrogen (secondary N) is 3. The molecule has 8 aromatic rings. The summed E-state index contributed by atoms with van der Waals surface area (Å²) in [6.07, 6.45) is 22.1. The van der Waals surface area contributed by atoms with Gasteiger partial charge in [0.1, 0.15) is 11.4 Å². The monoisotopic (exact) mass is 1100 g/mol. The summed E-state index contributed by atoms with van der Waals surface area (Å²) < 4.78 is 3.71. The smallest absolute Gasteiger partial charge is 0.352 e. The summed E-state index contributed by atoms with van der Waals surface area (Å²) in [6, 6.07) is 25.0. The Bertz CT molecular complexity index is 3340. The lowest BCUT2D eigenvalue weighted by molar-refractivity contribution is 0.0686. The molecule has 4 saturated heterocycles. The van der Waals surface area contributed by atoms with E-state index in [1.807, 2.05) is 83.9 Å². The maximum absolute atomic E-state index is 13.1. The molecule has 79 heavy (non-hydrogen) atoms. The number of aromatic carboxylic acids is 1. The fourth-order valence-electron chi connectivity index (χ4n) is 11.4. The van der Waals surface area contributed by atoms with Crippen molar-refractivity contribution in [1.29, 1.82) is 0 Å². The fraction of sp³-hybridized carbons (Fsp3) is 0.452. The first kappa shape index (κ1) is 56.1. The first-order valence-corrected chi connectivity index (χ1v) is 31.0. The van der Waals surface area contributed by atoms with Crippen LogP contribution in [0.25, 0.3) is 66.1 Å². The maximum atomic E-state index is 13.1. The van der Waals surface area contributed by atoms with E-state index < -0.39 is 5.97 Å². The number of carboxylic acids is 1. The fourth-order valence-corrected chi connectivity index (χ4v) is 13.7. The van der Waals surface area contributed by atoms with Crippen LogP contribution in [0, 0.1) is 0 Å². The van der Waals surface area contributed by atoms with Crippen molar-refractivity contribution < 1.29 is 14.7 Å². The van der Waals surface area contributed by atoms with Crippen LogP contribution in [0.3, 0.4) is 0 Å². The van der Waals surface area contributed by atoms with Crippen molar-refractivity contribution in [2.45, 2.75) is 89.1 Å². The van der Waals surface area contributed by atoms with Gasteiger partial charge in [0.25, 0.3) is 5.91 Å². The van der Waals surface area contributed by atoms with E-state index in [0.717, 1.165) is 141 Å². The van der Waals surface area contributed by atoms with Crippen molar-refractivity contribution in [1.82, 2.24) is 44.2 Å². The molecular weight excluding hydrogens is 1020 g/mol. The normalized spacial score (nSPS) is 16.8. The number of hydrogen-bond acceptors (Lipinski definition) is 13. The maximum Gasteiger partial charge on any atom is 0.352 e. The van der Waals surface area contributed by atoms with Gasteiger partial charge < -0.3 is 45.7 Å². The third-order valence-corrected chi connectivity index (χ3v) is 18.1. The van der Waals surface area contributed by atoms with E-state index in [9.17, 15) is 14.7 Å². The third-order valence-electron chi connectivity index (χ3n) is 16.0. The van der Waals surface area contributed by atoms with Gasteiger partial charge in [-0.25, -0.2) is 14.8 Å². The number of rotatable bonds is 15. The molecule has 4 aliphatic rings. The number of nitrogens with zero attached hydrogens (tertiary/aromatic N) is 8. The Morgan fingerprint density at radius 1 is 0.608 bits per heavy atom. The van der Waals surface area contributed by atoms with Gasteiger partial charge >= 0.3 is 5.97 Å². The van der Waals surface area contributed by atoms with Crippen LogP contribution in [-0.4, -0.2) is 143 Å². The molecule has 0 saturated carbocycles. The molecule has 10 heterocycles. The molecule has 2 aromatic carbocycles. The molecule has 4 aliphatic heterocycles. The predicted octanol–water partition coefficient (Wildman–Crippen LogP) is 11.3. The number of amides is 1. The van der Waals surface area contributed by atoms with Crippen LogP contribution in [-0.2, 0) is 14.1 Å². The average molecular weight is 1100 g/mol. The highest BCUT2D eigenvalue weighted by Gasteiger charge is 2.21. The molecule has 0 bridgehead atoms. The van der Waals surface area contributed by atoms with Gasteiger partial charge in [-0.1, -0.05) is 25.0 Å². The highest BCUT2D eigenvalue weighted by molar-refractivity contribution is 7.99. The number of aromatic nitrogens is 6. The standard InChI is InChI=1S/C31H38N6OS.C26H29N5O2.C5H11NS/c1-36-29-7-6-22(18-23(29)19-30(36)31(38)34-24-9-16-39-17-10-24)27-20-28(25-21-32-12-8-26(25)35-27)33-11-5-15-37-13-3-2-4-14-37;1-30-24-7-6-18(14-19(24)15-25(30)26(32)33)22-16-23(20-17-27-10-8-21(20)29-22)28-9-5-13-31-11-3-2-4-12-31;6-5-1-3-7-4-2-5/h6-8,12,18-21,24H,2-5,9-11,13-17H2,1H3,(H,33,35)(H,34,38);6-8,10,14-17H,2-5,9,11-13H2,1H3,(H,28,29)(H,32,33);5H,1-4,6H2. The van der Waals surface area contributed by atoms with E-state index in [1.54, 1.807) is 30.1 Å². The lowest BCUT2D eigenvalue weighted by Gasteiger charge is -2.26. The van der Waals surface area contributed by atoms with Gasteiger partial charge in [0.2, 0.25) is 0 Å². The Morgan fingerprint density at radius 3 is 1.54 bits per heavy atom. The van der Waals surface area contributed by atoms with E-state index in [1.165, 1.54) is 89.1 Å². The largest absolute Gasteiger partial charge is 0.477 e. The molecular formula is C62H78N12O3S2. The van der Waals surface area contributed by atoms with Crippen molar-refractivity contribution in [3.8, 4) is 22.5 Å². The number of pyridine rings is 4.